The van der Waals surface area contributed by atoms with Crippen molar-refractivity contribution in [3.05, 3.63) is 71.8 Å². The van der Waals surface area contributed by atoms with E-state index in [4.69, 9.17) is 0 Å². The van der Waals surface area contributed by atoms with Crippen LogP contribution < -0.4 is 10.6 Å². The van der Waals surface area contributed by atoms with Crippen LogP contribution in [0.1, 0.15) is 56.2 Å². The maximum absolute atomic E-state index is 13.6. The third-order valence-electron chi connectivity index (χ3n) is 7.41. The minimum Gasteiger partial charge on any atom is -0.343 e. The summed E-state index contributed by atoms with van der Waals surface area (Å²) in [7, 11) is 3.68. The lowest BCUT2D eigenvalue weighted by Gasteiger charge is -2.32. The van der Waals surface area contributed by atoms with Gasteiger partial charge in [-0.2, -0.15) is 0 Å². The summed E-state index contributed by atoms with van der Waals surface area (Å²) in [5.74, 6) is -0.451. The molecule has 186 valence electrons. The molecule has 0 unspecified atom stereocenters. The molecular weight excluding hydrogens is 440 g/mol. The molecular formula is C28H36N4O3. The van der Waals surface area contributed by atoms with Gasteiger partial charge in [-0.15, -0.1) is 0 Å². The zero-order valence-electron chi connectivity index (χ0n) is 20.8. The fraction of sp³-hybridized carbons (Fsp3) is 0.464. The fourth-order valence-electron chi connectivity index (χ4n) is 5.17. The molecule has 0 spiro atoms. The second-order valence-electron chi connectivity index (χ2n) is 9.89. The summed E-state index contributed by atoms with van der Waals surface area (Å²) in [6, 6.07) is 18.0. The smallest absolute Gasteiger partial charge is 0.246 e. The molecule has 0 aliphatic carbocycles. The predicted molar refractivity (Wildman–Crippen MR) is 135 cm³/mol. The predicted octanol–water partition coefficient (Wildman–Crippen LogP) is 2.87. The van der Waals surface area contributed by atoms with Gasteiger partial charge in [-0.1, -0.05) is 60.7 Å². The first-order valence-electron chi connectivity index (χ1n) is 12.6. The lowest BCUT2D eigenvalue weighted by atomic mass is 9.98. The standard InChI is InChI=1S/C28H36N4O3/c1-19(31(2)3)26(33)29-23-16-10-15-22-17-18-24(32(22)28(23)35)27(34)30-25(20-11-6-4-7-12-20)21-13-8-5-9-14-21/h4-9,11-14,19,22-25H,10,15-18H2,1-3H3,(H,29,33)(H,30,34)/t19-,22-,23-,24-/m0/s1. The number of hydrogen-bond donors (Lipinski definition) is 2. The van der Waals surface area contributed by atoms with Crippen LogP contribution in [0.4, 0.5) is 0 Å². The number of amides is 3. The van der Waals surface area contributed by atoms with Crippen LogP contribution >= 0.6 is 0 Å². The zero-order chi connectivity index (χ0) is 24.9. The summed E-state index contributed by atoms with van der Waals surface area (Å²) in [4.78, 5) is 43.5. The van der Waals surface area contributed by atoms with Crippen LogP contribution in [0, 0.1) is 0 Å². The van der Waals surface area contributed by atoms with Gasteiger partial charge in [0, 0.05) is 6.04 Å². The van der Waals surface area contributed by atoms with Gasteiger partial charge in [0.1, 0.15) is 12.1 Å². The van der Waals surface area contributed by atoms with E-state index in [-0.39, 0.29) is 35.8 Å². The monoisotopic (exact) mass is 476 g/mol. The molecule has 0 saturated carbocycles. The summed E-state index contributed by atoms with van der Waals surface area (Å²) in [5.41, 5.74) is 1.98. The Bertz CT molecular complexity index is 988. The summed E-state index contributed by atoms with van der Waals surface area (Å²) >= 11 is 0. The van der Waals surface area contributed by atoms with Crippen LogP contribution in [-0.4, -0.2) is 65.8 Å². The van der Waals surface area contributed by atoms with E-state index in [1.165, 1.54) is 0 Å². The molecule has 4 rings (SSSR count). The Balaban J connectivity index is 1.53. The van der Waals surface area contributed by atoms with E-state index in [0.29, 0.717) is 12.8 Å². The van der Waals surface area contributed by atoms with Gasteiger partial charge in [0.15, 0.2) is 0 Å². The average molecular weight is 477 g/mol. The molecule has 2 fully saturated rings. The highest BCUT2D eigenvalue weighted by molar-refractivity contribution is 5.94. The van der Waals surface area contributed by atoms with Crippen LogP contribution in [0.25, 0.3) is 0 Å². The Morgan fingerprint density at radius 1 is 0.914 bits per heavy atom. The number of benzene rings is 2. The van der Waals surface area contributed by atoms with Gasteiger partial charge in [0.05, 0.1) is 12.1 Å². The first kappa shape index (κ1) is 24.9. The summed E-state index contributed by atoms with van der Waals surface area (Å²) in [6.45, 7) is 1.82. The summed E-state index contributed by atoms with van der Waals surface area (Å²) in [6.07, 6.45) is 3.74. The number of carbonyl (C=O) groups excluding carboxylic acids is 3. The molecule has 0 radical (unpaired) electrons. The highest BCUT2D eigenvalue weighted by Gasteiger charge is 2.45. The maximum atomic E-state index is 13.6. The van der Waals surface area contributed by atoms with E-state index in [9.17, 15) is 14.4 Å². The Kier molecular flexibility index (Phi) is 7.86. The van der Waals surface area contributed by atoms with E-state index in [0.717, 1.165) is 30.4 Å². The van der Waals surface area contributed by atoms with Crippen molar-refractivity contribution in [2.45, 2.75) is 69.2 Å². The van der Waals surface area contributed by atoms with Crippen LogP contribution in [0.15, 0.2) is 60.7 Å². The van der Waals surface area contributed by atoms with Crippen LogP contribution in [0.5, 0.6) is 0 Å². The molecule has 2 aromatic carbocycles. The van der Waals surface area contributed by atoms with Crippen molar-refractivity contribution in [2.24, 2.45) is 0 Å². The topological polar surface area (TPSA) is 81.8 Å². The third-order valence-corrected chi connectivity index (χ3v) is 7.41. The lowest BCUT2D eigenvalue weighted by Crippen LogP contribution is -2.56. The molecule has 2 aliphatic rings. The van der Waals surface area contributed by atoms with Crippen molar-refractivity contribution >= 4 is 17.7 Å². The van der Waals surface area contributed by atoms with Crippen LogP contribution in [0.3, 0.4) is 0 Å². The molecule has 2 aromatic rings. The van der Waals surface area contributed by atoms with E-state index >= 15 is 0 Å². The van der Waals surface area contributed by atoms with Crippen molar-refractivity contribution in [3.63, 3.8) is 0 Å². The van der Waals surface area contributed by atoms with Gasteiger partial charge in [-0.3, -0.25) is 19.3 Å². The number of carbonyl (C=O) groups is 3. The Morgan fingerprint density at radius 3 is 2.09 bits per heavy atom. The molecule has 7 nitrogen and oxygen atoms in total. The molecule has 0 aromatic heterocycles. The van der Waals surface area contributed by atoms with E-state index in [2.05, 4.69) is 10.6 Å². The number of nitrogens with one attached hydrogen (secondary N) is 2. The quantitative estimate of drug-likeness (QED) is 0.644. The Labute approximate surface area is 207 Å². The summed E-state index contributed by atoms with van der Waals surface area (Å²) in [5, 5.41) is 6.18. The molecule has 2 aliphatic heterocycles. The van der Waals surface area contributed by atoms with Crippen molar-refractivity contribution in [1.82, 2.24) is 20.4 Å². The van der Waals surface area contributed by atoms with Gasteiger partial charge >= 0.3 is 0 Å². The molecule has 35 heavy (non-hydrogen) atoms. The van der Waals surface area contributed by atoms with Gasteiger partial charge in [0.2, 0.25) is 17.7 Å². The van der Waals surface area contributed by atoms with Gasteiger partial charge in [-0.05, 0) is 64.3 Å². The van der Waals surface area contributed by atoms with E-state index in [1.54, 1.807) is 4.90 Å². The average Bonchev–Trinajstić information content (AvgIpc) is 3.24. The number of nitrogens with zero attached hydrogens (tertiary/aromatic N) is 2. The molecule has 3 amide bonds. The first-order valence-corrected chi connectivity index (χ1v) is 12.6. The van der Waals surface area contributed by atoms with Gasteiger partial charge in [-0.25, -0.2) is 0 Å². The largest absolute Gasteiger partial charge is 0.343 e. The highest BCUT2D eigenvalue weighted by Crippen LogP contribution is 2.33. The van der Waals surface area contributed by atoms with E-state index < -0.39 is 12.1 Å². The molecule has 0 bridgehead atoms. The molecule has 2 saturated heterocycles. The second-order valence-corrected chi connectivity index (χ2v) is 9.89. The molecule has 7 heteroatoms. The Morgan fingerprint density at radius 2 is 1.51 bits per heavy atom. The molecule has 2 N–H and O–H groups in total. The minimum atomic E-state index is -0.595. The Hall–Kier alpha value is -3.19. The highest BCUT2D eigenvalue weighted by atomic mass is 16.2. The fourth-order valence-corrected chi connectivity index (χ4v) is 5.17. The number of likely N-dealkylation sites (N-methyl/N-ethyl adjacent to an activating group) is 1. The lowest BCUT2D eigenvalue weighted by molar-refractivity contribution is -0.143. The molecule has 2 heterocycles. The number of fused-ring (bicyclic) bond motifs is 1. The van der Waals surface area contributed by atoms with Crippen molar-refractivity contribution in [2.75, 3.05) is 14.1 Å². The normalized spacial score (nSPS) is 23.1. The minimum absolute atomic E-state index is 0.0401. The van der Waals surface area contributed by atoms with Crippen LogP contribution in [-0.2, 0) is 14.4 Å². The maximum Gasteiger partial charge on any atom is 0.246 e. The van der Waals surface area contributed by atoms with Gasteiger partial charge in [0.25, 0.3) is 0 Å². The van der Waals surface area contributed by atoms with Crippen LogP contribution in [0.2, 0.25) is 0 Å². The summed E-state index contributed by atoms with van der Waals surface area (Å²) < 4.78 is 0. The van der Waals surface area contributed by atoms with Crippen molar-refractivity contribution in [1.29, 1.82) is 0 Å². The SMILES string of the molecule is C[C@@H](C(=O)N[C@H]1CCC[C@H]2CC[C@@H](C(=O)NC(c3ccccc3)c3ccccc3)N2C1=O)N(C)C. The van der Waals surface area contributed by atoms with Gasteiger partial charge < -0.3 is 15.5 Å². The third kappa shape index (κ3) is 5.56. The molecule has 4 atom stereocenters. The zero-order valence-corrected chi connectivity index (χ0v) is 20.8. The second kappa shape index (κ2) is 11.0. The number of hydrogen-bond acceptors (Lipinski definition) is 4. The van der Waals surface area contributed by atoms with Crippen molar-refractivity contribution < 1.29 is 14.4 Å². The first-order chi connectivity index (χ1) is 16.9. The van der Waals surface area contributed by atoms with E-state index in [1.807, 2.05) is 86.6 Å². The van der Waals surface area contributed by atoms with Crippen molar-refractivity contribution in [3.8, 4) is 0 Å². The number of rotatable bonds is 7.